The van der Waals surface area contributed by atoms with Crippen LogP contribution in [-0.4, -0.2) is 65.4 Å². The molecule has 0 radical (unpaired) electrons. The third kappa shape index (κ3) is 4.67. The molecule has 1 aromatic carbocycles. The van der Waals surface area contributed by atoms with Gasteiger partial charge in [-0.15, -0.1) is 0 Å². The molecule has 1 atom stereocenters. The number of piperidine rings is 1. The van der Waals surface area contributed by atoms with Gasteiger partial charge in [0.2, 0.25) is 0 Å². The summed E-state index contributed by atoms with van der Waals surface area (Å²) in [5, 5.41) is 4.60. The van der Waals surface area contributed by atoms with Gasteiger partial charge in [0.1, 0.15) is 6.61 Å². The summed E-state index contributed by atoms with van der Waals surface area (Å²) >= 11 is 11.7. The minimum Gasteiger partial charge on any atom is -0.464 e. The zero-order valence-electron chi connectivity index (χ0n) is 15.7. The van der Waals surface area contributed by atoms with E-state index >= 15 is 0 Å². The maximum absolute atomic E-state index is 12.1. The average molecular weight is 426 g/mol. The largest absolute Gasteiger partial charge is 0.464 e. The number of nitrogens with one attached hydrogen (secondary N) is 1. The molecule has 2 aliphatic heterocycles. The Kier molecular flexibility index (Phi) is 6.96. The number of amides is 1. The third-order valence-corrected chi connectivity index (χ3v) is 5.77. The Morgan fingerprint density at radius 2 is 2.07 bits per heavy atom. The molecule has 2 saturated heterocycles. The SMILES string of the molecule is CCOC(=O)C1COC(=O)N1C1CCN(C(=S)NCc2ccccc2Cl)CC1. The maximum atomic E-state index is 12.1. The number of halogens is 1. The number of ether oxygens (including phenoxy) is 2. The van der Waals surface area contributed by atoms with Crippen molar-refractivity contribution in [3.8, 4) is 0 Å². The van der Waals surface area contributed by atoms with Gasteiger partial charge in [-0.1, -0.05) is 29.8 Å². The Balaban J connectivity index is 1.52. The summed E-state index contributed by atoms with van der Waals surface area (Å²) in [6.45, 7) is 4.02. The maximum Gasteiger partial charge on any atom is 0.410 e. The van der Waals surface area contributed by atoms with Crippen molar-refractivity contribution in [3.63, 3.8) is 0 Å². The number of thiocarbonyl (C=S) groups is 1. The van der Waals surface area contributed by atoms with Crippen molar-refractivity contribution in [1.29, 1.82) is 0 Å². The second-order valence-electron chi connectivity index (χ2n) is 6.72. The van der Waals surface area contributed by atoms with Crippen molar-refractivity contribution in [1.82, 2.24) is 15.1 Å². The first-order valence-electron chi connectivity index (χ1n) is 9.39. The van der Waals surface area contributed by atoms with Crippen LogP contribution in [0.2, 0.25) is 5.02 Å². The van der Waals surface area contributed by atoms with Crippen LogP contribution in [-0.2, 0) is 20.8 Å². The van der Waals surface area contributed by atoms with Gasteiger partial charge in [0.25, 0.3) is 0 Å². The molecule has 9 heteroatoms. The van der Waals surface area contributed by atoms with Crippen LogP contribution in [0.15, 0.2) is 24.3 Å². The molecule has 0 aromatic heterocycles. The minimum absolute atomic E-state index is 0.0513. The van der Waals surface area contributed by atoms with Gasteiger partial charge in [-0.25, -0.2) is 9.59 Å². The van der Waals surface area contributed by atoms with Gasteiger partial charge in [0.15, 0.2) is 11.2 Å². The molecule has 0 aliphatic carbocycles. The fourth-order valence-corrected chi connectivity index (χ4v) is 3.98. The lowest BCUT2D eigenvalue weighted by molar-refractivity contribution is -0.148. The molecule has 3 rings (SSSR count). The van der Waals surface area contributed by atoms with Gasteiger partial charge in [-0.05, 0) is 43.6 Å². The van der Waals surface area contributed by atoms with E-state index in [-0.39, 0.29) is 19.3 Å². The zero-order chi connectivity index (χ0) is 20.1. The number of nitrogens with zero attached hydrogens (tertiary/aromatic N) is 2. The lowest BCUT2D eigenvalue weighted by Crippen LogP contribution is -2.53. The molecule has 28 heavy (non-hydrogen) atoms. The molecule has 1 amide bonds. The molecule has 2 aliphatic rings. The van der Waals surface area contributed by atoms with Crippen LogP contribution >= 0.6 is 23.8 Å². The van der Waals surface area contributed by atoms with E-state index in [1.807, 2.05) is 24.3 Å². The predicted molar refractivity (Wildman–Crippen MR) is 109 cm³/mol. The van der Waals surface area contributed by atoms with Crippen molar-refractivity contribution in [2.75, 3.05) is 26.3 Å². The standard InChI is InChI=1S/C19H24ClN3O4S/c1-2-26-17(24)16-12-27-19(25)23(16)14-7-9-22(10-8-14)18(28)21-11-13-5-3-4-6-15(13)20/h3-6,14,16H,2,7-12H2,1H3,(H,21,28). The number of rotatable bonds is 5. The molecule has 1 unspecified atom stereocenters. The van der Waals surface area contributed by atoms with Gasteiger partial charge in [-0.2, -0.15) is 0 Å². The highest BCUT2D eigenvalue weighted by molar-refractivity contribution is 7.80. The number of hydrogen-bond acceptors (Lipinski definition) is 5. The zero-order valence-corrected chi connectivity index (χ0v) is 17.3. The first kappa shape index (κ1) is 20.7. The van der Waals surface area contributed by atoms with Gasteiger partial charge in [0, 0.05) is 30.7 Å². The van der Waals surface area contributed by atoms with E-state index in [4.69, 9.17) is 33.3 Å². The normalized spacial score (nSPS) is 20.1. The lowest BCUT2D eigenvalue weighted by atomic mass is 10.0. The molecule has 152 valence electrons. The highest BCUT2D eigenvalue weighted by atomic mass is 35.5. The van der Waals surface area contributed by atoms with Crippen LogP contribution in [0.5, 0.6) is 0 Å². The van der Waals surface area contributed by atoms with Crippen molar-refractivity contribution >= 4 is 41.0 Å². The number of hydrogen-bond donors (Lipinski definition) is 1. The Morgan fingerprint density at radius 1 is 1.36 bits per heavy atom. The molecule has 0 bridgehead atoms. The van der Waals surface area contributed by atoms with Crippen molar-refractivity contribution in [3.05, 3.63) is 34.9 Å². The first-order chi connectivity index (χ1) is 13.5. The molecule has 0 saturated carbocycles. The summed E-state index contributed by atoms with van der Waals surface area (Å²) < 4.78 is 10.2. The Labute approximate surface area is 174 Å². The van der Waals surface area contributed by atoms with Crippen LogP contribution in [0, 0.1) is 0 Å². The Bertz CT molecular complexity index is 740. The number of esters is 1. The summed E-state index contributed by atoms with van der Waals surface area (Å²) in [5.41, 5.74) is 0.985. The fourth-order valence-electron chi connectivity index (χ4n) is 3.53. The number of benzene rings is 1. The fraction of sp³-hybridized carbons (Fsp3) is 0.526. The molecule has 2 heterocycles. The third-order valence-electron chi connectivity index (χ3n) is 5.00. The van der Waals surface area contributed by atoms with Crippen molar-refractivity contribution in [2.45, 2.75) is 38.4 Å². The summed E-state index contributed by atoms with van der Waals surface area (Å²) in [5.74, 6) is -0.410. The molecule has 0 spiro atoms. The summed E-state index contributed by atoms with van der Waals surface area (Å²) in [7, 11) is 0. The molecule has 7 nitrogen and oxygen atoms in total. The van der Waals surface area contributed by atoms with E-state index in [0.29, 0.717) is 42.6 Å². The van der Waals surface area contributed by atoms with Crippen molar-refractivity contribution < 1.29 is 19.1 Å². The van der Waals surface area contributed by atoms with Gasteiger partial charge in [-0.3, -0.25) is 4.90 Å². The number of carbonyl (C=O) groups is 2. The predicted octanol–water partition coefficient (Wildman–Crippen LogP) is 2.56. The number of likely N-dealkylation sites (tertiary alicyclic amines) is 1. The number of cyclic esters (lactones) is 1. The average Bonchev–Trinajstić information content (AvgIpc) is 3.09. The second-order valence-corrected chi connectivity index (χ2v) is 7.51. The first-order valence-corrected chi connectivity index (χ1v) is 10.2. The molecular formula is C19H24ClN3O4S. The molecule has 2 fully saturated rings. The van der Waals surface area contributed by atoms with E-state index in [2.05, 4.69) is 10.2 Å². The quantitative estimate of drug-likeness (QED) is 0.574. The van der Waals surface area contributed by atoms with Crippen LogP contribution in [0.3, 0.4) is 0 Å². The van der Waals surface area contributed by atoms with E-state index in [9.17, 15) is 9.59 Å². The molecular weight excluding hydrogens is 402 g/mol. The van der Waals surface area contributed by atoms with Crippen LogP contribution in [0.4, 0.5) is 4.79 Å². The molecule has 1 aromatic rings. The highest BCUT2D eigenvalue weighted by Crippen LogP contribution is 2.25. The second kappa shape index (κ2) is 9.43. The van der Waals surface area contributed by atoms with E-state index < -0.39 is 18.1 Å². The van der Waals surface area contributed by atoms with Crippen LogP contribution in [0.1, 0.15) is 25.3 Å². The molecule has 1 N–H and O–H groups in total. The Hall–Kier alpha value is -2.06. The van der Waals surface area contributed by atoms with Gasteiger partial charge < -0.3 is 19.7 Å². The number of carbonyl (C=O) groups excluding carboxylic acids is 2. The van der Waals surface area contributed by atoms with E-state index in [1.54, 1.807) is 6.92 Å². The lowest BCUT2D eigenvalue weighted by Gasteiger charge is -2.38. The Morgan fingerprint density at radius 3 is 2.75 bits per heavy atom. The minimum atomic E-state index is -0.658. The van der Waals surface area contributed by atoms with Gasteiger partial charge in [0.05, 0.1) is 6.61 Å². The van der Waals surface area contributed by atoms with E-state index in [0.717, 1.165) is 5.56 Å². The van der Waals surface area contributed by atoms with Crippen LogP contribution in [0.25, 0.3) is 0 Å². The highest BCUT2D eigenvalue weighted by Gasteiger charge is 2.44. The van der Waals surface area contributed by atoms with Crippen molar-refractivity contribution in [2.24, 2.45) is 0 Å². The van der Waals surface area contributed by atoms with Gasteiger partial charge >= 0.3 is 12.1 Å². The van der Waals surface area contributed by atoms with E-state index in [1.165, 1.54) is 4.90 Å². The summed E-state index contributed by atoms with van der Waals surface area (Å²) in [6.07, 6.45) is 0.966. The van der Waals surface area contributed by atoms with Crippen LogP contribution < -0.4 is 5.32 Å². The smallest absolute Gasteiger partial charge is 0.410 e. The summed E-state index contributed by atoms with van der Waals surface area (Å²) in [4.78, 5) is 27.9. The summed E-state index contributed by atoms with van der Waals surface area (Å²) in [6, 6.07) is 6.91. The topological polar surface area (TPSA) is 71.1 Å². The monoisotopic (exact) mass is 425 g/mol.